The summed E-state index contributed by atoms with van der Waals surface area (Å²) in [5, 5.41) is 24.5. The molecule has 0 spiro atoms. The zero-order valence-electron chi connectivity index (χ0n) is 65.1. The smallest absolute Gasteiger partial charge is 0.228 e. The van der Waals surface area contributed by atoms with Gasteiger partial charge in [-0.15, -0.1) is 21.5 Å². The van der Waals surface area contributed by atoms with Crippen LogP contribution in [0.5, 0.6) is 0 Å². The minimum absolute atomic E-state index is 0.118. The Labute approximate surface area is 604 Å². The number of H-pyrrole nitrogens is 2. The highest BCUT2D eigenvalue weighted by molar-refractivity contribution is 7.10. The summed E-state index contributed by atoms with van der Waals surface area (Å²) in [5.74, 6) is 8.87. The maximum absolute atomic E-state index is 5.20. The third kappa shape index (κ3) is 40.5. The Hall–Kier alpha value is -8.57. The maximum Gasteiger partial charge on any atom is 0.228 e. The van der Waals surface area contributed by atoms with Crippen LogP contribution in [0.3, 0.4) is 0 Å². The van der Waals surface area contributed by atoms with Crippen LogP contribution in [0.15, 0.2) is 188 Å². The topological polar surface area (TPSA) is 278 Å². The second-order valence-electron chi connectivity index (χ2n) is 29.3. The number of nitrogens with zero attached hydrogens (tertiary/aromatic N) is 11. The zero-order chi connectivity index (χ0) is 75.5. The van der Waals surface area contributed by atoms with E-state index in [1.165, 1.54) is 47.2 Å². The predicted molar refractivity (Wildman–Crippen MR) is 403 cm³/mol. The fourth-order valence-electron chi connectivity index (χ4n) is 6.80. The van der Waals surface area contributed by atoms with Crippen molar-refractivity contribution in [1.29, 1.82) is 0 Å². The molecule has 0 aliphatic rings. The molecule has 2 N–H and O–H groups in total. The lowest BCUT2D eigenvalue weighted by Gasteiger charge is -2.15. The molecule has 12 aromatic rings. The van der Waals surface area contributed by atoms with Crippen molar-refractivity contribution in [3.8, 4) is 0 Å². The minimum atomic E-state index is 0.118. The van der Waals surface area contributed by atoms with Gasteiger partial charge in [0, 0.05) is 75.1 Å². The summed E-state index contributed by atoms with van der Waals surface area (Å²) in [6.45, 7) is 59.1. The Morgan fingerprint density at radius 1 is 0.480 bits per heavy atom. The molecule has 0 atom stereocenters. The van der Waals surface area contributed by atoms with Crippen LogP contribution in [0.1, 0.15) is 309 Å². The number of nitrogens with one attached hydrogen (secondary N) is 2. The Morgan fingerprint density at radius 2 is 1.18 bits per heavy atom. The molecule has 0 unspecified atom stereocenters. The first-order valence-electron chi connectivity index (χ1n) is 33.9. The highest BCUT2D eigenvalue weighted by Gasteiger charge is 2.18. The second kappa shape index (κ2) is 47.5. The summed E-state index contributed by atoms with van der Waals surface area (Å²) < 4.78 is 38.6. The van der Waals surface area contributed by atoms with E-state index in [2.05, 4.69) is 247 Å². The average molecular weight is 1420 g/mol. The highest BCUT2D eigenvalue weighted by atomic mass is 32.1. The van der Waals surface area contributed by atoms with Crippen LogP contribution in [0.2, 0.25) is 0 Å². The molecule has 21 nitrogen and oxygen atoms in total. The monoisotopic (exact) mass is 1420 g/mol. The first kappa shape index (κ1) is 89.4. The number of oxazole rings is 2. The molecule has 0 amide bonds. The fourth-order valence-corrected chi connectivity index (χ4v) is 8.43. The van der Waals surface area contributed by atoms with E-state index < -0.39 is 0 Å². The van der Waals surface area contributed by atoms with E-state index in [0.717, 1.165) is 34.7 Å². The summed E-state index contributed by atoms with van der Waals surface area (Å²) in [6, 6.07) is 14.2. The van der Waals surface area contributed by atoms with Crippen LogP contribution in [0.25, 0.3) is 0 Å². The normalized spacial score (nSPS) is 10.9. The van der Waals surface area contributed by atoms with E-state index in [1.54, 1.807) is 67.6 Å². The molecule has 0 saturated carbocycles. The molecule has 12 rings (SSSR count). The van der Waals surface area contributed by atoms with Crippen molar-refractivity contribution >= 4 is 22.7 Å². The van der Waals surface area contributed by atoms with Crippen molar-refractivity contribution in [2.75, 3.05) is 0 Å². The number of aromatic amines is 2. The first-order valence-corrected chi connectivity index (χ1v) is 35.8. The third-order valence-corrected chi connectivity index (χ3v) is 15.0. The predicted octanol–water partition coefficient (Wildman–Crippen LogP) is 23.3. The third-order valence-electron chi connectivity index (χ3n) is 13.2. The molecular formula is C77H119N13O8S2. The van der Waals surface area contributed by atoms with E-state index in [0.29, 0.717) is 64.5 Å². The SMILES string of the molecule is CC(C)(C)c1ccco1.CC(C)(C)c1ccsc1.CC(C)(C)c1cocn1.CC(C)(C)c1ncc[nH]1.CC(C)c1cccs1.CC(C)c1ccoc1.CC(C)c1ccon1.CC(C)c1cnc[nH]1.CC(C)c1ncco1.CC(C)c1ncno1.CC(C)c1ncon1.CC(C)c1nnco1. The molecule has 0 radical (unpaired) electrons. The molecule has 0 saturated heterocycles. The lowest BCUT2D eigenvalue weighted by atomic mass is 9.90. The lowest BCUT2D eigenvalue weighted by Crippen LogP contribution is -2.12. The largest absolute Gasteiger partial charge is 0.472 e. The van der Waals surface area contributed by atoms with Gasteiger partial charge in [-0.05, 0) is 86.7 Å². The first-order chi connectivity index (χ1) is 46.9. The molecule has 552 valence electrons. The van der Waals surface area contributed by atoms with Gasteiger partial charge in [-0.25, -0.2) is 19.9 Å². The van der Waals surface area contributed by atoms with Crippen LogP contribution in [-0.2, 0) is 21.7 Å². The van der Waals surface area contributed by atoms with Crippen LogP contribution >= 0.6 is 22.7 Å². The minimum Gasteiger partial charge on any atom is -0.472 e. The molecule has 0 aromatic carbocycles. The Balaban J connectivity index is 0.000000546. The Morgan fingerprint density at radius 3 is 1.42 bits per heavy atom. The van der Waals surface area contributed by atoms with E-state index in [4.69, 9.17) is 26.6 Å². The quantitative estimate of drug-likeness (QED) is 0.143. The molecule has 100 heavy (non-hydrogen) atoms. The van der Waals surface area contributed by atoms with E-state index in [9.17, 15) is 0 Å². The Kier molecular flexibility index (Phi) is 42.5. The molecular weight excluding hydrogens is 1300 g/mol. The number of furan rings is 2. The van der Waals surface area contributed by atoms with Gasteiger partial charge in [0.15, 0.2) is 24.4 Å². The number of imidazole rings is 2. The van der Waals surface area contributed by atoms with Gasteiger partial charge >= 0.3 is 0 Å². The van der Waals surface area contributed by atoms with Gasteiger partial charge < -0.3 is 45.6 Å². The van der Waals surface area contributed by atoms with E-state index in [-0.39, 0.29) is 16.2 Å². The summed E-state index contributed by atoms with van der Waals surface area (Å²) in [6.07, 6.45) is 24.5. The Bertz CT molecular complexity index is 2930. The number of thiophene rings is 2. The van der Waals surface area contributed by atoms with E-state index >= 15 is 0 Å². The second-order valence-corrected chi connectivity index (χ2v) is 31.0. The molecule has 0 bridgehead atoms. The van der Waals surface area contributed by atoms with Crippen molar-refractivity contribution in [2.24, 2.45) is 0 Å². The van der Waals surface area contributed by atoms with Crippen molar-refractivity contribution in [3.05, 3.63) is 221 Å². The van der Waals surface area contributed by atoms with Crippen molar-refractivity contribution in [3.63, 3.8) is 0 Å². The van der Waals surface area contributed by atoms with Crippen LogP contribution in [-0.4, -0.2) is 65.5 Å². The standard InChI is InChI=1S/C8H12O.C8H12S.C7H12N2.C7H11NO.C7H10O.C7H10S.C6H10N2.2C6H9NO.3C5H8N2O/c1-8(2,3)7-5-4-6-9-7;1-8(2,3)7-4-5-9-6-7;1-7(2,3)6-8-4-5-9-6;1-7(2,3)6-4-9-5-8-6;1-6(2)7-3-4-8-5-7;1-6(2)7-4-3-5-8-7;1-5(2)6-3-7-4-8-6;1-5(2)6-7-3-4-8-6;1-5(2)6-3-4-8-7-6;1-4(2)5-7-6-3-8-5;1-4(2)5-6-3-8-7-5;1-4(2)5-6-3-7-8-5/h2*4-6H,1-3H3;4-5H,1-3H3,(H,8,9);4-5H,1-3H3;2*3-6H,1-2H3;3-5H,1-2H3,(H,7,8);2*3-5H,1-2H3;3*3-4H,1-2H3. The number of hydrogen-bond donors (Lipinski definition) is 2. The summed E-state index contributed by atoms with van der Waals surface area (Å²) in [4.78, 5) is 31.2. The number of rotatable bonds is 8. The number of hydrogen-bond acceptors (Lipinski definition) is 21. The van der Waals surface area contributed by atoms with E-state index in [1.807, 2.05) is 103 Å². The summed E-state index contributed by atoms with van der Waals surface area (Å²) in [5.41, 5.74) is 6.69. The van der Waals surface area contributed by atoms with Crippen LogP contribution in [0, 0.1) is 0 Å². The molecule has 12 heterocycles. The van der Waals surface area contributed by atoms with Crippen molar-refractivity contribution < 1.29 is 35.7 Å². The fraction of sp³-hybridized carbons (Fsp3) is 0.519. The molecule has 0 aliphatic heterocycles. The van der Waals surface area contributed by atoms with Crippen molar-refractivity contribution in [1.82, 2.24) is 65.5 Å². The molecule has 12 aromatic heterocycles. The van der Waals surface area contributed by atoms with Gasteiger partial charge in [0.05, 0.1) is 42.7 Å². The highest BCUT2D eigenvalue weighted by Crippen LogP contribution is 2.25. The molecule has 0 aliphatic carbocycles. The average Bonchev–Trinajstić information content (AvgIpc) is 1.67. The van der Waals surface area contributed by atoms with Gasteiger partial charge in [-0.3, -0.25) is 0 Å². The lowest BCUT2D eigenvalue weighted by molar-refractivity contribution is 0.364. The van der Waals surface area contributed by atoms with Gasteiger partial charge in [0.1, 0.15) is 30.4 Å². The maximum atomic E-state index is 5.20. The van der Waals surface area contributed by atoms with Crippen LogP contribution < -0.4 is 0 Å². The summed E-state index contributed by atoms with van der Waals surface area (Å²) >= 11 is 3.60. The van der Waals surface area contributed by atoms with Crippen molar-refractivity contribution in [2.45, 2.75) is 263 Å². The van der Waals surface area contributed by atoms with Gasteiger partial charge in [-0.2, -0.15) is 21.3 Å². The summed E-state index contributed by atoms with van der Waals surface area (Å²) in [7, 11) is 0. The van der Waals surface area contributed by atoms with Gasteiger partial charge in [0.25, 0.3) is 0 Å². The van der Waals surface area contributed by atoms with Gasteiger partial charge in [-0.1, -0.05) is 215 Å². The zero-order valence-corrected chi connectivity index (χ0v) is 66.7. The molecule has 23 heteroatoms. The number of aromatic nitrogens is 13. The van der Waals surface area contributed by atoms with Gasteiger partial charge in [0.2, 0.25) is 24.6 Å². The molecule has 0 fully saturated rings. The van der Waals surface area contributed by atoms with Crippen LogP contribution in [0.4, 0.5) is 0 Å².